The van der Waals surface area contributed by atoms with E-state index in [2.05, 4.69) is 12.2 Å². The van der Waals surface area contributed by atoms with Crippen LogP contribution >= 0.6 is 11.6 Å². The minimum atomic E-state index is -0.595. The van der Waals surface area contributed by atoms with Gasteiger partial charge in [-0.05, 0) is 25.5 Å². The first kappa shape index (κ1) is 16.4. The first-order valence-corrected chi connectivity index (χ1v) is 7.08. The van der Waals surface area contributed by atoms with Crippen molar-refractivity contribution < 1.29 is 9.72 Å². The van der Waals surface area contributed by atoms with Crippen LogP contribution in [0.3, 0.4) is 0 Å². The molecule has 0 aromatic heterocycles. The van der Waals surface area contributed by atoms with Crippen molar-refractivity contribution in [3.05, 3.63) is 38.9 Å². The van der Waals surface area contributed by atoms with Gasteiger partial charge in [0.25, 0.3) is 11.6 Å². The molecule has 0 heterocycles. The van der Waals surface area contributed by atoms with Crippen LogP contribution in [-0.4, -0.2) is 16.9 Å². The highest BCUT2D eigenvalue weighted by Gasteiger charge is 2.21. The van der Waals surface area contributed by atoms with E-state index in [0.717, 1.165) is 25.7 Å². The van der Waals surface area contributed by atoms with E-state index in [1.54, 1.807) is 0 Å². The molecule has 1 rings (SSSR count). The second-order valence-electron chi connectivity index (χ2n) is 4.79. The molecule has 0 fully saturated rings. The van der Waals surface area contributed by atoms with E-state index in [1.165, 1.54) is 18.2 Å². The number of amides is 1. The quantitative estimate of drug-likeness (QED) is 0.470. The molecule has 110 valence electrons. The van der Waals surface area contributed by atoms with Crippen LogP contribution in [0.5, 0.6) is 0 Å². The Morgan fingerprint density at radius 1 is 1.45 bits per heavy atom. The van der Waals surface area contributed by atoms with Crippen LogP contribution in [0, 0.1) is 10.1 Å². The molecule has 0 bridgehead atoms. The van der Waals surface area contributed by atoms with E-state index in [9.17, 15) is 14.9 Å². The molecule has 0 aliphatic heterocycles. The van der Waals surface area contributed by atoms with E-state index in [4.69, 9.17) is 11.6 Å². The van der Waals surface area contributed by atoms with Gasteiger partial charge >= 0.3 is 0 Å². The average Bonchev–Trinajstić information content (AvgIpc) is 2.38. The Balaban J connectivity index is 2.74. The van der Waals surface area contributed by atoms with Crippen molar-refractivity contribution in [1.29, 1.82) is 0 Å². The topological polar surface area (TPSA) is 72.2 Å². The number of hydrogen-bond donors (Lipinski definition) is 1. The molecule has 0 saturated carbocycles. The zero-order valence-electron chi connectivity index (χ0n) is 11.7. The smallest absolute Gasteiger partial charge is 0.283 e. The van der Waals surface area contributed by atoms with Crippen molar-refractivity contribution in [3.63, 3.8) is 0 Å². The second kappa shape index (κ2) is 7.85. The lowest BCUT2D eigenvalue weighted by atomic mass is 10.1. The van der Waals surface area contributed by atoms with Crippen LogP contribution in [-0.2, 0) is 0 Å². The molecule has 20 heavy (non-hydrogen) atoms. The third kappa shape index (κ3) is 4.81. The maximum atomic E-state index is 12.1. The first-order valence-electron chi connectivity index (χ1n) is 6.70. The molecule has 1 aromatic rings. The normalized spacial score (nSPS) is 11.9. The van der Waals surface area contributed by atoms with Gasteiger partial charge in [0.05, 0.1) is 4.92 Å². The van der Waals surface area contributed by atoms with Gasteiger partial charge in [-0.15, -0.1) is 0 Å². The average molecular weight is 299 g/mol. The number of rotatable bonds is 7. The lowest BCUT2D eigenvalue weighted by Gasteiger charge is -2.13. The zero-order chi connectivity index (χ0) is 15.1. The van der Waals surface area contributed by atoms with Gasteiger partial charge in [0, 0.05) is 17.1 Å². The van der Waals surface area contributed by atoms with Crippen LogP contribution < -0.4 is 5.32 Å². The number of unbranched alkanes of at least 4 members (excludes halogenated alkanes) is 2. The van der Waals surface area contributed by atoms with Crippen molar-refractivity contribution in [3.8, 4) is 0 Å². The number of nitro groups is 1. The summed E-state index contributed by atoms with van der Waals surface area (Å²) in [5.41, 5.74) is -0.225. The van der Waals surface area contributed by atoms with E-state index in [-0.39, 0.29) is 22.3 Å². The predicted octanol–water partition coefficient (Wildman–Crippen LogP) is 3.95. The maximum absolute atomic E-state index is 12.1. The number of benzene rings is 1. The SMILES string of the molecule is CCCCCC(C)NC(=O)c1ccc(Cl)cc1[N+](=O)[O-]. The van der Waals surface area contributed by atoms with Crippen molar-refractivity contribution >= 4 is 23.2 Å². The van der Waals surface area contributed by atoms with E-state index in [1.807, 2.05) is 6.92 Å². The summed E-state index contributed by atoms with van der Waals surface area (Å²) in [6, 6.07) is 4.04. The van der Waals surface area contributed by atoms with Gasteiger partial charge in [0.15, 0.2) is 0 Å². The fraction of sp³-hybridized carbons (Fsp3) is 0.500. The lowest BCUT2D eigenvalue weighted by Crippen LogP contribution is -2.32. The summed E-state index contributed by atoms with van der Waals surface area (Å²) < 4.78 is 0. The van der Waals surface area contributed by atoms with E-state index in [0.29, 0.717) is 0 Å². The Morgan fingerprint density at radius 2 is 2.15 bits per heavy atom. The Labute approximate surface area is 123 Å². The molecule has 1 N–H and O–H groups in total. The summed E-state index contributed by atoms with van der Waals surface area (Å²) >= 11 is 5.72. The summed E-state index contributed by atoms with van der Waals surface area (Å²) in [4.78, 5) is 22.4. The molecule has 0 aliphatic rings. The van der Waals surface area contributed by atoms with Gasteiger partial charge in [0.2, 0.25) is 0 Å². The predicted molar refractivity (Wildman–Crippen MR) is 79.2 cm³/mol. The second-order valence-corrected chi connectivity index (χ2v) is 5.23. The van der Waals surface area contributed by atoms with E-state index >= 15 is 0 Å². The van der Waals surface area contributed by atoms with Gasteiger partial charge in [-0.3, -0.25) is 14.9 Å². The molecular formula is C14H19ClN2O3. The van der Waals surface area contributed by atoms with Gasteiger partial charge in [0.1, 0.15) is 5.56 Å². The minimum absolute atomic E-state index is 0.00988. The molecule has 5 nitrogen and oxygen atoms in total. The zero-order valence-corrected chi connectivity index (χ0v) is 12.4. The molecule has 1 amide bonds. The molecular weight excluding hydrogens is 280 g/mol. The fourth-order valence-electron chi connectivity index (χ4n) is 1.92. The summed E-state index contributed by atoms with van der Waals surface area (Å²) in [6.07, 6.45) is 4.12. The number of carbonyl (C=O) groups is 1. The van der Waals surface area contributed by atoms with Crippen molar-refractivity contribution in [2.45, 2.75) is 45.6 Å². The minimum Gasteiger partial charge on any atom is -0.349 e. The molecule has 1 unspecified atom stereocenters. The number of carbonyl (C=O) groups excluding carboxylic acids is 1. The van der Waals surface area contributed by atoms with Crippen LogP contribution in [0.25, 0.3) is 0 Å². The number of nitro benzene ring substituents is 1. The molecule has 1 atom stereocenters. The van der Waals surface area contributed by atoms with Crippen molar-refractivity contribution in [2.75, 3.05) is 0 Å². The molecule has 6 heteroatoms. The van der Waals surface area contributed by atoms with Crippen LogP contribution in [0.2, 0.25) is 5.02 Å². The Bertz CT molecular complexity index is 491. The highest BCUT2D eigenvalue weighted by atomic mass is 35.5. The monoisotopic (exact) mass is 298 g/mol. The van der Waals surface area contributed by atoms with Gasteiger partial charge in [-0.25, -0.2) is 0 Å². The Morgan fingerprint density at radius 3 is 2.75 bits per heavy atom. The highest BCUT2D eigenvalue weighted by Crippen LogP contribution is 2.23. The molecule has 0 saturated heterocycles. The van der Waals surface area contributed by atoms with Gasteiger partial charge < -0.3 is 5.32 Å². The summed E-state index contributed by atoms with van der Waals surface area (Å²) in [5.74, 6) is -0.433. The van der Waals surface area contributed by atoms with Crippen LogP contribution in [0.15, 0.2) is 18.2 Å². The maximum Gasteiger partial charge on any atom is 0.283 e. The molecule has 0 radical (unpaired) electrons. The van der Waals surface area contributed by atoms with E-state index < -0.39 is 10.8 Å². The third-order valence-corrected chi connectivity index (χ3v) is 3.25. The van der Waals surface area contributed by atoms with Crippen molar-refractivity contribution in [1.82, 2.24) is 5.32 Å². The molecule has 1 aromatic carbocycles. The Kier molecular flexibility index (Phi) is 6.45. The van der Waals surface area contributed by atoms with Crippen LogP contribution in [0.1, 0.15) is 49.9 Å². The fourth-order valence-corrected chi connectivity index (χ4v) is 2.09. The number of nitrogens with one attached hydrogen (secondary N) is 1. The molecule has 0 aliphatic carbocycles. The van der Waals surface area contributed by atoms with Gasteiger partial charge in [-0.1, -0.05) is 37.8 Å². The highest BCUT2D eigenvalue weighted by molar-refractivity contribution is 6.31. The van der Waals surface area contributed by atoms with Gasteiger partial charge in [-0.2, -0.15) is 0 Å². The van der Waals surface area contributed by atoms with Crippen molar-refractivity contribution in [2.24, 2.45) is 0 Å². The summed E-state index contributed by atoms with van der Waals surface area (Å²) in [6.45, 7) is 4.01. The molecule has 0 spiro atoms. The third-order valence-electron chi connectivity index (χ3n) is 3.02. The Hall–Kier alpha value is -1.62. The number of hydrogen-bond acceptors (Lipinski definition) is 3. The van der Waals surface area contributed by atoms with Crippen LogP contribution in [0.4, 0.5) is 5.69 Å². The lowest BCUT2D eigenvalue weighted by molar-refractivity contribution is -0.385. The first-order chi connectivity index (χ1) is 9.45. The number of nitrogens with zero attached hydrogens (tertiary/aromatic N) is 1. The summed E-state index contributed by atoms with van der Waals surface area (Å²) in [5, 5.41) is 14.0. The largest absolute Gasteiger partial charge is 0.349 e. The number of halogens is 1. The standard InChI is InChI=1S/C14H19ClN2O3/c1-3-4-5-6-10(2)16-14(18)12-8-7-11(15)9-13(12)17(19)20/h7-10H,3-6H2,1-2H3,(H,16,18). The summed E-state index contributed by atoms with van der Waals surface area (Å²) in [7, 11) is 0.